The number of nitrogens with zero attached hydrogens (tertiary/aromatic N) is 2. The third-order valence-corrected chi connectivity index (χ3v) is 1.92. The summed E-state index contributed by atoms with van der Waals surface area (Å²) in [5.74, 6) is 0.648. The van der Waals surface area contributed by atoms with Crippen molar-refractivity contribution in [2.45, 2.75) is 40.7 Å². The van der Waals surface area contributed by atoms with Gasteiger partial charge in [0.05, 0.1) is 0 Å². The fourth-order valence-corrected chi connectivity index (χ4v) is 1.27. The van der Waals surface area contributed by atoms with Crippen molar-refractivity contribution in [1.29, 1.82) is 0 Å². The predicted octanol–water partition coefficient (Wildman–Crippen LogP) is 2.28. The fraction of sp³-hybridized carbons (Fsp3) is 0.636. The summed E-state index contributed by atoms with van der Waals surface area (Å²) in [7, 11) is 0. The molecule has 15 heavy (non-hydrogen) atoms. The van der Waals surface area contributed by atoms with E-state index in [2.05, 4.69) is 10.4 Å². The van der Waals surface area contributed by atoms with Crippen LogP contribution in [-0.4, -0.2) is 15.7 Å². The van der Waals surface area contributed by atoms with Crippen LogP contribution < -0.4 is 5.32 Å². The second-order valence-electron chi connectivity index (χ2n) is 4.84. The van der Waals surface area contributed by atoms with Crippen molar-refractivity contribution in [2.24, 2.45) is 5.41 Å². The summed E-state index contributed by atoms with van der Waals surface area (Å²) in [5.41, 5.74) is 0.0113. The van der Waals surface area contributed by atoms with E-state index in [0.29, 0.717) is 12.2 Å². The van der Waals surface area contributed by atoms with Gasteiger partial charge in [0.2, 0.25) is 5.91 Å². The first-order valence-electron chi connectivity index (χ1n) is 5.24. The highest BCUT2D eigenvalue weighted by molar-refractivity contribution is 5.90. The average Bonchev–Trinajstić information content (AvgIpc) is 2.48. The van der Waals surface area contributed by atoms with Crippen molar-refractivity contribution in [3.63, 3.8) is 0 Å². The zero-order valence-corrected chi connectivity index (χ0v) is 9.87. The average molecular weight is 209 g/mol. The summed E-state index contributed by atoms with van der Waals surface area (Å²) in [5, 5.41) is 6.97. The summed E-state index contributed by atoms with van der Waals surface area (Å²) < 4.78 is 1.78. The number of carbonyl (C=O) groups is 1. The summed E-state index contributed by atoms with van der Waals surface area (Å²) >= 11 is 0. The molecule has 84 valence electrons. The maximum atomic E-state index is 11.6. The van der Waals surface area contributed by atoms with E-state index in [9.17, 15) is 4.79 Å². The quantitative estimate of drug-likeness (QED) is 0.830. The van der Waals surface area contributed by atoms with Gasteiger partial charge in [0, 0.05) is 25.2 Å². The van der Waals surface area contributed by atoms with Gasteiger partial charge in [-0.15, -0.1) is 0 Å². The van der Waals surface area contributed by atoms with Crippen LogP contribution in [0, 0.1) is 5.41 Å². The highest BCUT2D eigenvalue weighted by atomic mass is 16.1. The van der Waals surface area contributed by atoms with Crippen LogP contribution in [0.15, 0.2) is 12.3 Å². The fourth-order valence-electron chi connectivity index (χ4n) is 1.27. The number of hydrogen-bond acceptors (Lipinski definition) is 2. The topological polar surface area (TPSA) is 46.9 Å². The Morgan fingerprint density at radius 1 is 1.53 bits per heavy atom. The second-order valence-corrected chi connectivity index (χ2v) is 4.84. The number of amides is 1. The summed E-state index contributed by atoms with van der Waals surface area (Å²) in [4.78, 5) is 11.6. The molecule has 1 N–H and O–H groups in total. The molecule has 0 fully saturated rings. The SMILES string of the molecule is CCn1ccc(NC(=O)CC(C)(C)C)n1. The molecule has 1 amide bonds. The lowest BCUT2D eigenvalue weighted by Crippen LogP contribution is -2.20. The standard InChI is InChI=1S/C11H19N3O/c1-5-14-7-6-9(13-14)12-10(15)8-11(2,3)4/h6-7H,5,8H2,1-4H3,(H,12,13,15). The van der Waals surface area contributed by atoms with Gasteiger partial charge < -0.3 is 5.32 Å². The Hall–Kier alpha value is -1.32. The van der Waals surface area contributed by atoms with E-state index in [1.807, 2.05) is 40.0 Å². The molecule has 0 saturated carbocycles. The monoisotopic (exact) mass is 209 g/mol. The van der Waals surface area contributed by atoms with Gasteiger partial charge in [0.15, 0.2) is 5.82 Å². The van der Waals surface area contributed by atoms with Crippen LogP contribution in [0.1, 0.15) is 34.1 Å². The summed E-state index contributed by atoms with van der Waals surface area (Å²) in [6.45, 7) is 8.94. The number of anilines is 1. The molecule has 4 nitrogen and oxygen atoms in total. The Kier molecular flexibility index (Phi) is 3.50. The number of rotatable bonds is 3. The molecule has 0 aromatic carbocycles. The molecular formula is C11H19N3O. The van der Waals surface area contributed by atoms with Gasteiger partial charge in [-0.2, -0.15) is 5.10 Å². The van der Waals surface area contributed by atoms with E-state index in [1.165, 1.54) is 0 Å². The molecule has 0 aliphatic heterocycles. The number of carbonyl (C=O) groups excluding carboxylic acids is 1. The lowest BCUT2D eigenvalue weighted by Gasteiger charge is -2.16. The zero-order valence-electron chi connectivity index (χ0n) is 9.87. The molecule has 0 radical (unpaired) electrons. The predicted molar refractivity (Wildman–Crippen MR) is 60.6 cm³/mol. The minimum Gasteiger partial charge on any atom is -0.309 e. The highest BCUT2D eigenvalue weighted by Gasteiger charge is 2.16. The van der Waals surface area contributed by atoms with Crippen LogP contribution in [0.2, 0.25) is 0 Å². The van der Waals surface area contributed by atoms with E-state index in [-0.39, 0.29) is 11.3 Å². The first kappa shape index (κ1) is 11.8. The third-order valence-electron chi connectivity index (χ3n) is 1.92. The Morgan fingerprint density at radius 2 is 2.20 bits per heavy atom. The van der Waals surface area contributed by atoms with Gasteiger partial charge in [-0.05, 0) is 12.3 Å². The van der Waals surface area contributed by atoms with Crippen LogP contribution in [-0.2, 0) is 11.3 Å². The van der Waals surface area contributed by atoms with E-state index in [0.717, 1.165) is 6.54 Å². The summed E-state index contributed by atoms with van der Waals surface area (Å²) in [6.07, 6.45) is 2.36. The largest absolute Gasteiger partial charge is 0.309 e. The molecule has 4 heteroatoms. The molecule has 0 spiro atoms. The lowest BCUT2D eigenvalue weighted by molar-refractivity contribution is -0.117. The number of aryl methyl sites for hydroxylation is 1. The number of nitrogens with one attached hydrogen (secondary N) is 1. The van der Waals surface area contributed by atoms with Crippen LogP contribution in [0.25, 0.3) is 0 Å². The lowest BCUT2D eigenvalue weighted by atomic mass is 9.92. The van der Waals surface area contributed by atoms with Crippen LogP contribution in [0.5, 0.6) is 0 Å². The van der Waals surface area contributed by atoms with Gasteiger partial charge in [0.1, 0.15) is 0 Å². The van der Waals surface area contributed by atoms with Crippen molar-refractivity contribution < 1.29 is 4.79 Å². The Labute approximate surface area is 90.7 Å². The molecule has 1 aromatic rings. The van der Waals surface area contributed by atoms with Gasteiger partial charge in [0.25, 0.3) is 0 Å². The van der Waals surface area contributed by atoms with Crippen LogP contribution in [0.4, 0.5) is 5.82 Å². The second kappa shape index (κ2) is 4.47. The van der Waals surface area contributed by atoms with Crippen molar-refractivity contribution in [1.82, 2.24) is 9.78 Å². The maximum absolute atomic E-state index is 11.6. The molecule has 0 aliphatic carbocycles. The van der Waals surface area contributed by atoms with Crippen molar-refractivity contribution >= 4 is 11.7 Å². The van der Waals surface area contributed by atoms with Crippen LogP contribution >= 0.6 is 0 Å². The van der Waals surface area contributed by atoms with Crippen molar-refractivity contribution in [2.75, 3.05) is 5.32 Å². The Bertz CT molecular complexity index is 336. The first-order chi connectivity index (χ1) is 6.90. The molecule has 1 heterocycles. The molecular weight excluding hydrogens is 190 g/mol. The Balaban J connectivity index is 2.51. The molecule has 0 saturated heterocycles. The Morgan fingerprint density at radius 3 is 2.67 bits per heavy atom. The van der Waals surface area contributed by atoms with Crippen LogP contribution in [0.3, 0.4) is 0 Å². The number of aromatic nitrogens is 2. The van der Waals surface area contributed by atoms with E-state index < -0.39 is 0 Å². The minimum absolute atomic E-state index is 0.0113. The van der Waals surface area contributed by atoms with E-state index >= 15 is 0 Å². The molecule has 1 rings (SSSR count). The van der Waals surface area contributed by atoms with Gasteiger partial charge in [-0.25, -0.2) is 0 Å². The molecule has 0 bridgehead atoms. The smallest absolute Gasteiger partial charge is 0.226 e. The van der Waals surface area contributed by atoms with E-state index in [1.54, 1.807) is 4.68 Å². The highest BCUT2D eigenvalue weighted by Crippen LogP contribution is 2.19. The van der Waals surface area contributed by atoms with Gasteiger partial charge in [-0.3, -0.25) is 9.48 Å². The zero-order chi connectivity index (χ0) is 11.5. The third kappa shape index (κ3) is 4.14. The molecule has 1 aromatic heterocycles. The number of hydrogen-bond donors (Lipinski definition) is 1. The summed E-state index contributed by atoms with van der Waals surface area (Å²) in [6, 6.07) is 1.81. The molecule has 0 atom stereocenters. The molecule has 0 unspecified atom stereocenters. The van der Waals surface area contributed by atoms with Crippen molar-refractivity contribution in [3.05, 3.63) is 12.3 Å². The maximum Gasteiger partial charge on any atom is 0.226 e. The van der Waals surface area contributed by atoms with Gasteiger partial charge in [-0.1, -0.05) is 20.8 Å². The van der Waals surface area contributed by atoms with Gasteiger partial charge >= 0.3 is 0 Å². The molecule has 0 aliphatic rings. The van der Waals surface area contributed by atoms with Crippen molar-refractivity contribution in [3.8, 4) is 0 Å². The first-order valence-corrected chi connectivity index (χ1v) is 5.24. The normalized spacial score (nSPS) is 11.5. The van der Waals surface area contributed by atoms with E-state index in [4.69, 9.17) is 0 Å². The minimum atomic E-state index is 0.0113.